The number of aromatic amines is 1. The maximum Gasteiger partial charge on any atom is 0.224 e. The Labute approximate surface area is 147 Å². The highest BCUT2D eigenvalue weighted by Gasteiger charge is 2.30. The first-order chi connectivity index (χ1) is 12.1. The van der Waals surface area contributed by atoms with Gasteiger partial charge in [0, 0.05) is 43.6 Å². The fourth-order valence-electron chi connectivity index (χ4n) is 3.66. The molecule has 7 nitrogen and oxygen atoms in total. The van der Waals surface area contributed by atoms with Crippen LogP contribution in [0.1, 0.15) is 67.0 Å². The van der Waals surface area contributed by atoms with E-state index in [1.165, 1.54) is 12.8 Å². The first-order valence-electron chi connectivity index (χ1n) is 9.31. The minimum atomic E-state index is 0.224. The molecule has 3 heterocycles. The molecule has 2 aliphatic rings. The molecule has 1 aliphatic carbocycles. The van der Waals surface area contributed by atoms with Gasteiger partial charge in [0.1, 0.15) is 5.82 Å². The number of carbonyl (C=O) groups excluding carboxylic acids is 1. The standard InChI is InChI=1S/C18H26N6O/c1-12-11-13(2)24(22-12)10-7-16(25)23-8-5-15(6-9-23)18-19-17(20-21-18)14-3-4-14/h11,14-15H,3-10H2,1-2H3,(H,19,20,21). The summed E-state index contributed by atoms with van der Waals surface area (Å²) in [5, 5.41) is 11.9. The second kappa shape index (κ2) is 6.61. The molecule has 1 aliphatic heterocycles. The second-order valence-electron chi connectivity index (χ2n) is 7.41. The van der Waals surface area contributed by atoms with Crippen molar-refractivity contribution >= 4 is 5.91 Å². The van der Waals surface area contributed by atoms with E-state index in [2.05, 4.69) is 20.3 Å². The maximum atomic E-state index is 12.5. The lowest BCUT2D eigenvalue weighted by atomic mass is 9.96. The molecule has 1 saturated heterocycles. The van der Waals surface area contributed by atoms with Crippen LogP contribution in [0.5, 0.6) is 0 Å². The predicted octanol–water partition coefficient (Wildman–Crippen LogP) is 2.29. The van der Waals surface area contributed by atoms with E-state index in [9.17, 15) is 4.79 Å². The zero-order valence-corrected chi connectivity index (χ0v) is 15.0. The zero-order valence-electron chi connectivity index (χ0n) is 15.0. The van der Waals surface area contributed by atoms with Crippen LogP contribution in [0.15, 0.2) is 6.07 Å². The van der Waals surface area contributed by atoms with Gasteiger partial charge in [-0.05, 0) is 45.6 Å². The van der Waals surface area contributed by atoms with Crippen LogP contribution in [0.4, 0.5) is 0 Å². The molecule has 1 saturated carbocycles. The molecule has 0 aromatic carbocycles. The molecular weight excluding hydrogens is 316 g/mol. The number of hydrogen-bond donors (Lipinski definition) is 1. The molecule has 2 aromatic rings. The highest BCUT2D eigenvalue weighted by molar-refractivity contribution is 5.76. The van der Waals surface area contributed by atoms with E-state index in [4.69, 9.17) is 0 Å². The normalized spacial score (nSPS) is 18.7. The van der Waals surface area contributed by atoms with Gasteiger partial charge in [-0.2, -0.15) is 10.2 Å². The number of H-pyrrole nitrogens is 1. The van der Waals surface area contributed by atoms with Crippen molar-refractivity contribution in [3.05, 3.63) is 29.1 Å². The highest BCUT2D eigenvalue weighted by Crippen LogP contribution is 2.38. The van der Waals surface area contributed by atoms with Gasteiger partial charge in [0.25, 0.3) is 0 Å². The van der Waals surface area contributed by atoms with E-state index in [0.29, 0.717) is 24.8 Å². The highest BCUT2D eigenvalue weighted by atomic mass is 16.2. The summed E-state index contributed by atoms with van der Waals surface area (Å²) in [5.74, 6) is 3.21. The summed E-state index contributed by atoms with van der Waals surface area (Å²) >= 11 is 0. The topological polar surface area (TPSA) is 79.7 Å². The van der Waals surface area contributed by atoms with Crippen LogP contribution in [-0.2, 0) is 11.3 Å². The quantitative estimate of drug-likeness (QED) is 0.904. The van der Waals surface area contributed by atoms with Crippen molar-refractivity contribution in [3.63, 3.8) is 0 Å². The number of hydrogen-bond acceptors (Lipinski definition) is 4. The molecule has 0 atom stereocenters. The Kier molecular flexibility index (Phi) is 4.31. The van der Waals surface area contributed by atoms with Crippen molar-refractivity contribution < 1.29 is 4.79 Å². The van der Waals surface area contributed by atoms with Gasteiger partial charge in [-0.25, -0.2) is 4.98 Å². The summed E-state index contributed by atoms with van der Waals surface area (Å²) in [7, 11) is 0. The third-order valence-electron chi connectivity index (χ3n) is 5.34. The zero-order chi connectivity index (χ0) is 17.4. The van der Waals surface area contributed by atoms with E-state index in [0.717, 1.165) is 49.0 Å². The van der Waals surface area contributed by atoms with E-state index in [1.54, 1.807) is 0 Å². The minimum Gasteiger partial charge on any atom is -0.343 e. The van der Waals surface area contributed by atoms with Crippen molar-refractivity contribution in [2.75, 3.05) is 13.1 Å². The Hall–Kier alpha value is -2.18. The first kappa shape index (κ1) is 16.3. The van der Waals surface area contributed by atoms with Gasteiger partial charge in [-0.15, -0.1) is 0 Å². The fraction of sp³-hybridized carbons (Fsp3) is 0.667. The van der Waals surface area contributed by atoms with E-state index >= 15 is 0 Å². The van der Waals surface area contributed by atoms with Gasteiger partial charge in [0.2, 0.25) is 5.91 Å². The van der Waals surface area contributed by atoms with Crippen LogP contribution in [0.25, 0.3) is 0 Å². The molecule has 0 bridgehead atoms. The van der Waals surface area contributed by atoms with Gasteiger partial charge < -0.3 is 4.90 Å². The molecule has 0 spiro atoms. The first-order valence-corrected chi connectivity index (χ1v) is 9.31. The summed E-state index contributed by atoms with van der Waals surface area (Å²) in [6, 6.07) is 2.04. The van der Waals surface area contributed by atoms with Crippen LogP contribution in [0, 0.1) is 13.8 Å². The Morgan fingerprint density at radius 3 is 2.60 bits per heavy atom. The average Bonchev–Trinajstić information content (AvgIpc) is 3.25. The Bertz CT molecular complexity index is 751. The second-order valence-corrected chi connectivity index (χ2v) is 7.41. The lowest BCUT2D eigenvalue weighted by Gasteiger charge is -2.31. The van der Waals surface area contributed by atoms with Gasteiger partial charge in [-0.1, -0.05) is 0 Å². The molecule has 2 aromatic heterocycles. The van der Waals surface area contributed by atoms with Crippen molar-refractivity contribution in [1.82, 2.24) is 29.9 Å². The third-order valence-corrected chi connectivity index (χ3v) is 5.34. The summed E-state index contributed by atoms with van der Waals surface area (Å²) in [4.78, 5) is 19.1. The van der Waals surface area contributed by atoms with Crippen LogP contribution in [0.2, 0.25) is 0 Å². The van der Waals surface area contributed by atoms with Crippen LogP contribution < -0.4 is 0 Å². The molecule has 4 rings (SSSR count). The van der Waals surface area contributed by atoms with Gasteiger partial charge in [-0.3, -0.25) is 14.6 Å². The Morgan fingerprint density at radius 1 is 1.20 bits per heavy atom. The van der Waals surface area contributed by atoms with E-state index in [-0.39, 0.29) is 5.91 Å². The Morgan fingerprint density at radius 2 is 1.96 bits per heavy atom. The number of carbonyl (C=O) groups is 1. The summed E-state index contributed by atoms with van der Waals surface area (Å²) in [5.41, 5.74) is 2.11. The minimum absolute atomic E-state index is 0.224. The van der Waals surface area contributed by atoms with Gasteiger partial charge in [0.15, 0.2) is 5.82 Å². The number of likely N-dealkylation sites (tertiary alicyclic amines) is 1. The SMILES string of the molecule is Cc1cc(C)n(CCC(=O)N2CCC(c3nc(C4CC4)n[nH]3)CC2)n1. The molecule has 134 valence electrons. The van der Waals surface area contributed by atoms with Crippen molar-refractivity contribution in [3.8, 4) is 0 Å². The number of aryl methyl sites for hydroxylation is 3. The van der Waals surface area contributed by atoms with Gasteiger partial charge in [0.05, 0.1) is 5.69 Å². The number of amides is 1. The molecule has 25 heavy (non-hydrogen) atoms. The molecular formula is C18H26N6O. The monoisotopic (exact) mass is 342 g/mol. The van der Waals surface area contributed by atoms with E-state index < -0.39 is 0 Å². The number of nitrogens with one attached hydrogen (secondary N) is 1. The van der Waals surface area contributed by atoms with Crippen LogP contribution >= 0.6 is 0 Å². The average molecular weight is 342 g/mol. The number of rotatable bonds is 5. The Balaban J connectivity index is 1.27. The number of aromatic nitrogens is 5. The molecule has 0 unspecified atom stereocenters. The van der Waals surface area contributed by atoms with Gasteiger partial charge >= 0.3 is 0 Å². The smallest absolute Gasteiger partial charge is 0.224 e. The molecule has 0 radical (unpaired) electrons. The lowest BCUT2D eigenvalue weighted by Crippen LogP contribution is -2.38. The fourth-order valence-corrected chi connectivity index (χ4v) is 3.66. The van der Waals surface area contributed by atoms with E-state index in [1.807, 2.05) is 29.5 Å². The third kappa shape index (κ3) is 3.60. The predicted molar refractivity (Wildman–Crippen MR) is 93.2 cm³/mol. The molecule has 1 amide bonds. The maximum absolute atomic E-state index is 12.5. The largest absolute Gasteiger partial charge is 0.343 e. The summed E-state index contributed by atoms with van der Waals surface area (Å²) in [6.07, 6.45) is 4.88. The lowest BCUT2D eigenvalue weighted by molar-refractivity contribution is -0.132. The summed E-state index contributed by atoms with van der Waals surface area (Å²) in [6.45, 7) is 6.28. The number of piperidine rings is 1. The van der Waals surface area contributed by atoms with Crippen LogP contribution in [-0.4, -0.2) is 48.9 Å². The van der Waals surface area contributed by atoms with Crippen molar-refractivity contribution in [2.24, 2.45) is 0 Å². The molecule has 2 fully saturated rings. The van der Waals surface area contributed by atoms with Crippen LogP contribution in [0.3, 0.4) is 0 Å². The summed E-state index contributed by atoms with van der Waals surface area (Å²) < 4.78 is 1.92. The molecule has 1 N–H and O–H groups in total. The number of nitrogens with zero attached hydrogens (tertiary/aromatic N) is 5. The van der Waals surface area contributed by atoms with Crippen molar-refractivity contribution in [1.29, 1.82) is 0 Å². The molecule has 7 heteroatoms. The van der Waals surface area contributed by atoms with Crippen molar-refractivity contribution in [2.45, 2.75) is 64.3 Å².